The lowest BCUT2D eigenvalue weighted by Crippen LogP contribution is -2.42. The molecule has 2 aliphatic heterocycles. The minimum atomic E-state index is -0.0340. The van der Waals surface area contributed by atoms with Crippen molar-refractivity contribution in [2.45, 2.75) is 71.2 Å². The van der Waals surface area contributed by atoms with Crippen LogP contribution >= 0.6 is 0 Å². The summed E-state index contributed by atoms with van der Waals surface area (Å²) in [5.74, 6) is 2.12. The molecule has 3 heterocycles. The standard InChI is InChI=1S/C25H33N5O3/c1-16(2)30-15-21-22(24(30)31)27-25(29-12-13-32-17(3)14-29)28-23(21)26-18-8-10-20(11-9-18)33-19-6-4-5-7-19/h8-11,16-17,19H,4-7,12-15H2,1-3H3,(H,26,27,28)/t17-/m1/s1. The van der Waals surface area contributed by atoms with Gasteiger partial charge in [0.1, 0.15) is 17.3 Å². The zero-order chi connectivity index (χ0) is 22.9. The number of rotatable bonds is 6. The zero-order valence-electron chi connectivity index (χ0n) is 19.7. The molecule has 8 heteroatoms. The summed E-state index contributed by atoms with van der Waals surface area (Å²) in [6.07, 6.45) is 5.20. The lowest BCUT2D eigenvalue weighted by molar-refractivity contribution is 0.0526. The molecule has 8 nitrogen and oxygen atoms in total. The number of carbonyl (C=O) groups is 1. The van der Waals surface area contributed by atoms with Crippen molar-refractivity contribution in [1.29, 1.82) is 0 Å². The molecule has 1 saturated heterocycles. The van der Waals surface area contributed by atoms with Crippen LogP contribution in [0.1, 0.15) is 62.5 Å². The molecule has 1 atom stereocenters. The van der Waals surface area contributed by atoms with E-state index in [2.05, 4.69) is 10.2 Å². The first-order valence-corrected chi connectivity index (χ1v) is 12.1. The highest BCUT2D eigenvalue weighted by atomic mass is 16.5. The van der Waals surface area contributed by atoms with Crippen molar-refractivity contribution in [1.82, 2.24) is 14.9 Å². The Morgan fingerprint density at radius 1 is 1.15 bits per heavy atom. The number of hydrogen-bond acceptors (Lipinski definition) is 7. The Morgan fingerprint density at radius 3 is 2.61 bits per heavy atom. The third-order valence-electron chi connectivity index (χ3n) is 6.66. The Morgan fingerprint density at radius 2 is 1.91 bits per heavy atom. The topological polar surface area (TPSA) is 79.8 Å². The first kappa shape index (κ1) is 21.9. The van der Waals surface area contributed by atoms with E-state index in [1.165, 1.54) is 12.8 Å². The number of nitrogens with one attached hydrogen (secondary N) is 1. The van der Waals surface area contributed by atoms with E-state index in [0.717, 1.165) is 29.8 Å². The molecule has 0 unspecified atom stereocenters. The highest BCUT2D eigenvalue weighted by molar-refractivity contribution is 5.98. The summed E-state index contributed by atoms with van der Waals surface area (Å²) in [6.45, 7) is 8.64. The fourth-order valence-electron chi connectivity index (χ4n) is 4.79. The average Bonchev–Trinajstić information content (AvgIpc) is 3.43. The lowest BCUT2D eigenvalue weighted by Gasteiger charge is -2.31. The lowest BCUT2D eigenvalue weighted by atomic mass is 10.2. The SMILES string of the molecule is CC(C)N1Cc2c(Nc3ccc(OC4CCCC4)cc3)nc(N3CCO[C@H](C)C3)nc2C1=O. The first-order chi connectivity index (χ1) is 16.0. The fraction of sp³-hybridized carbons (Fsp3) is 0.560. The minimum absolute atomic E-state index is 0.0340. The molecule has 1 saturated carbocycles. The van der Waals surface area contributed by atoms with E-state index in [1.54, 1.807) is 0 Å². The van der Waals surface area contributed by atoms with Gasteiger partial charge in [0.15, 0.2) is 0 Å². The molecule has 1 aromatic heterocycles. The van der Waals surface area contributed by atoms with Gasteiger partial charge in [0.25, 0.3) is 5.91 Å². The Kier molecular flexibility index (Phi) is 6.10. The van der Waals surface area contributed by atoms with Crippen molar-refractivity contribution in [2.75, 3.05) is 29.9 Å². The van der Waals surface area contributed by atoms with Gasteiger partial charge < -0.3 is 24.6 Å². The van der Waals surface area contributed by atoms with Crippen LogP contribution in [0.25, 0.3) is 0 Å². The number of anilines is 3. The van der Waals surface area contributed by atoms with E-state index < -0.39 is 0 Å². The van der Waals surface area contributed by atoms with Gasteiger partial charge in [-0.3, -0.25) is 4.79 Å². The molecule has 2 fully saturated rings. The fourth-order valence-corrected chi connectivity index (χ4v) is 4.79. The summed E-state index contributed by atoms with van der Waals surface area (Å²) < 4.78 is 11.8. The zero-order valence-corrected chi connectivity index (χ0v) is 19.7. The third kappa shape index (κ3) is 4.62. The number of nitrogens with zero attached hydrogens (tertiary/aromatic N) is 4. The molecule has 1 N–H and O–H groups in total. The van der Waals surface area contributed by atoms with Gasteiger partial charge in [0.05, 0.1) is 25.4 Å². The van der Waals surface area contributed by atoms with Crippen LogP contribution in [-0.4, -0.2) is 58.7 Å². The Labute approximate surface area is 195 Å². The monoisotopic (exact) mass is 451 g/mol. The molecule has 1 aliphatic carbocycles. The minimum Gasteiger partial charge on any atom is -0.490 e. The number of fused-ring (bicyclic) bond motifs is 1. The Hall–Kier alpha value is -2.87. The number of aromatic nitrogens is 2. The van der Waals surface area contributed by atoms with Gasteiger partial charge >= 0.3 is 0 Å². The summed E-state index contributed by atoms with van der Waals surface area (Å²) in [5, 5.41) is 3.45. The molecular formula is C25H33N5O3. The predicted octanol–water partition coefficient (Wildman–Crippen LogP) is 4.13. The largest absolute Gasteiger partial charge is 0.490 e. The summed E-state index contributed by atoms with van der Waals surface area (Å²) in [5.41, 5.74) is 2.26. The van der Waals surface area contributed by atoms with Gasteiger partial charge in [-0.1, -0.05) is 0 Å². The van der Waals surface area contributed by atoms with Crippen molar-refractivity contribution in [3.8, 4) is 5.75 Å². The number of hydrogen-bond donors (Lipinski definition) is 1. The third-order valence-corrected chi connectivity index (χ3v) is 6.66. The predicted molar refractivity (Wildman–Crippen MR) is 127 cm³/mol. The quantitative estimate of drug-likeness (QED) is 0.707. The number of amides is 1. The maximum atomic E-state index is 13.1. The molecule has 1 amide bonds. The van der Waals surface area contributed by atoms with Crippen LogP contribution in [-0.2, 0) is 11.3 Å². The number of benzene rings is 1. The summed E-state index contributed by atoms with van der Waals surface area (Å²) in [4.78, 5) is 26.6. The van der Waals surface area contributed by atoms with Crippen LogP contribution < -0.4 is 15.0 Å². The van der Waals surface area contributed by atoms with E-state index in [-0.39, 0.29) is 18.1 Å². The molecule has 0 bridgehead atoms. The van der Waals surface area contributed by atoms with Crippen LogP contribution in [0.4, 0.5) is 17.5 Å². The number of carbonyl (C=O) groups excluding carboxylic acids is 1. The number of ether oxygens (including phenoxy) is 2. The second-order valence-electron chi connectivity index (χ2n) is 9.53. The van der Waals surface area contributed by atoms with E-state index in [0.29, 0.717) is 49.8 Å². The van der Waals surface area contributed by atoms with E-state index in [4.69, 9.17) is 19.4 Å². The van der Waals surface area contributed by atoms with Crippen LogP contribution in [0.3, 0.4) is 0 Å². The molecular weight excluding hydrogens is 418 g/mol. The molecule has 3 aliphatic rings. The summed E-state index contributed by atoms with van der Waals surface area (Å²) >= 11 is 0. The van der Waals surface area contributed by atoms with Gasteiger partial charge in [0.2, 0.25) is 5.95 Å². The van der Waals surface area contributed by atoms with Gasteiger partial charge in [-0.15, -0.1) is 0 Å². The molecule has 1 aromatic carbocycles. The maximum Gasteiger partial charge on any atom is 0.273 e. The smallest absolute Gasteiger partial charge is 0.273 e. The highest BCUT2D eigenvalue weighted by Crippen LogP contribution is 2.33. The van der Waals surface area contributed by atoms with Crippen LogP contribution in [0, 0.1) is 0 Å². The van der Waals surface area contributed by atoms with Gasteiger partial charge in [0, 0.05) is 30.4 Å². The second-order valence-corrected chi connectivity index (χ2v) is 9.53. The normalized spacial score (nSPS) is 21.1. The molecule has 33 heavy (non-hydrogen) atoms. The Bertz CT molecular complexity index is 1000. The van der Waals surface area contributed by atoms with Crippen LogP contribution in [0.5, 0.6) is 5.75 Å². The Balaban J connectivity index is 1.42. The molecule has 0 radical (unpaired) electrons. The maximum absolute atomic E-state index is 13.1. The van der Waals surface area contributed by atoms with E-state index >= 15 is 0 Å². The molecule has 2 aromatic rings. The second kappa shape index (κ2) is 9.17. The van der Waals surface area contributed by atoms with Crippen LogP contribution in [0.2, 0.25) is 0 Å². The van der Waals surface area contributed by atoms with Crippen molar-refractivity contribution in [2.24, 2.45) is 0 Å². The number of morpholine rings is 1. The van der Waals surface area contributed by atoms with Gasteiger partial charge in [-0.25, -0.2) is 4.98 Å². The molecule has 176 valence electrons. The van der Waals surface area contributed by atoms with Gasteiger partial charge in [-0.05, 0) is 70.7 Å². The average molecular weight is 452 g/mol. The highest BCUT2D eigenvalue weighted by Gasteiger charge is 2.35. The van der Waals surface area contributed by atoms with E-state index in [1.807, 2.05) is 49.9 Å². The summed E-state index contributed by atoms with van der Waals surface area (Å²) in [7, 11) is 0. The molecule has 0 spiro atoms. The summed E-state index contributed by atoms with van der Waals surface area (Å²) in [6, 6.07) is 8.10. The van der Waals surface area contributed by atoms with Gasteiger partial charge in [-0.2, -0.15) is 4.98 Å². The first-order valence-electron chi connectivity index (χ1n) is 12.1. The van der Waals surface area contributed by atoms with E-state index in [9.17, 15) is 4.79 Å². The van der Waals surface area contributed by atoms with Crippen molar-refractivity contribution >= 4 is 23.4 Å². The van der Waals surface area contributed by atoms with Crippen molar-refractivity contribution in [3.63, 3.8) is 0 Å². The van der Waals surface area contributed by atoms with Crippen molar-refractivity contribution in [3.05, 3.63) is 35.5 Å². The molecule has 5 rings (SSSR count). The van der Waals surface area contributed by atoms with Crippen molar-refractivity contribution < 1.29 is 14.3 Å². The van der Waals surface area contributed by atoms with Crippen LogP contribution in [0.15, 0.2) is 24.3 Å².